The molecule has 1 aromatic carbocycles. The highest BCUT2D eigenvalue weighted by Gasteiger charge is 2.19. The van der Waals surface area contributed by atoms with Crippen LogP contribution in [0, 0.1) is 6.92 Å². The van der Waals surface area contributed by atoms with E-state index in [0.29, 0.717) is 10.6 Å². The topological polar surface area (TPSA) is 83.0 Å². The fourth-order valence-electron chi connectivity index (χ4n) is 1.72. The number of carboxylic acids is 1. The minimum absolute atomic E-state index is 0.0235. The molecule has 98 valence electrons. The number of nitrogens with zero attached hydrogens (tertiary/aromatic N) is 1. The van der Waals surface area contributed by atoms with Gasteiger partial charge in [-0.1, -0.05) is 23.2 Å². The molecule has 0 fully saturated rings. The number of carbonyl (C=O) groups is 1. The number of benzene rings is 1. The molecule has 0 saturated heterocycles. The largest absolute Gasteiger partial charge is 0.478 e. The zero-order chi connectivity index (χ0) is 14.2. The molecule has 2 aromatic rings. The van der Waals surface area contributed by atoms with Crippen LogP contribution in [0.3, 0.4) is 0 Å². The summed E-state index contributed by atoms with van der Waals surface area (Å²) in [6.07, 6.45) is 0. The molecule has 19 heavy (non-hydrogen) atoms. The first-order valence-corrected chi connectivity index (χ1v) is 5.95. The summed E-state index contributed by atoms with van der Waals surface area (Å²) >= 11 is 11.8. The van der Waals surface area contributed by atoms with Crippen molar-refractivity contribution in [2.75, 3.05) is 0 Å². The Morgan fingerprint density at radius 2 is 2.05 bits per heavy atom. The average Bonchev–Trinajstić information content (AvgIpc) is 2.26. The van der Waals surface area contributed by atoms with Gasteiger partial charge in [-0.2, -0.15) is 4.98 Å². The first-order chi connectivity index (χ1) is 8.90. The smallest absolute Gasteiger partial charge is 0.345 e. The van der Waals surface area contributed by atoms with E-state index in [4.69, 9.17) is 23.2 Å². The van der Waals surface area contributed by atoms with Crippen molar-refractivity contribution in [1.82, 2.24) is 9.97 Å². The predicted molar refractivity (Wildman–Crippen MR) is 72.0 cm³/mol. The van der Waals surface area contributed by atoms with Gasteiger partial charge in [0, 0.05) is 16.3 Å². The average molecular weight is 299 g/mol. The van der Waals surface area contributed by atoms with E-state index >= 15 is 0 Å². The number of halogens is 2. The van der Waals surface area contributed by atoms with E-state index in [1.165, 1.54) is 19.1 Å². The highest BCUT2D eigenvalue weighted by molar-refractivity contribution is 6.36. The molecule has 0 aliphatic carbocycles. The van der Waals surface area contributed by atoms with E-state index < -0.39 is 11.7 Å². The van der Waals surface area contributed by atoms with Gasteiger partial charge in [0.2, 0.25) is 0 Å². The van der Waals surface area contributed by atoms with E-state index in [1.807, 2.05) is 0 Å². The molecule has 5 nitrogen and oxygen atoms in total. The second-order valence-corrected chi connectivity index (χ2v) is 4.66. The van der Waals surface area contributed by atoms with Crippen molar-refractivity contribution >= 4 is 29.2 Å². The van der Waals surface area contributed by atoms with Gasteiger partial charge < -0.3 is 10.1 Å². The lowest BCUT2D eigenvalue weighted by molar-refractivity contribution is 0.0696. The number of aromatic amines is 1. The zero-order valence-corrected chi connectivity index (χ0v) is 11.2. The molecule has 0 amide bonds. The summed E-state index contributed by atoms with van der Waals surface area (Å²) in [5, 5.41) is 9.85. The van der Waals surface area contributed by atoms with Crippen molar-refractivity contribution in [2.45, 2.75) is 6.92 Å². The Morgan fingerprint density at radius 3 is 2.63 bits per heavy atom. The van der Waals surface area contributed by atoms with Gasteiger partial charge in [0.15, 0.2) is 0 Å². The normalized spacial score (nSPS) is 10.5. The van der Waals surface area contributed by atoms with Crippen LogP contribution in [0.5, 0.6) is 0 Å². The van der Waals surface area contributed by atoms with Crippen LogP contribution >= 0.6 is 23.2 Å². The number of aryl methyl sites for hydroxylation is 1. The molecular weight excluding hydrogens is 291 g/mol. The molecule has 1 aromatic heterocycles. The standard InChI is InChI=1S/C12H8Cl2N2O3/c1-5-9(11(17)18)10(16-12(19)15-5)7-3-2-6(13)4-8(7)14/h2-4H,1H3,(H,17,18)(H,15,16,19). The summed E-state index contributed by atoms with van der Waals surface area (Å²) in [5.41, 5.74) is -0.145. The van der Waals surface area contributed by atoms with Gasteiger partial charge in [-0.25, -0.2) is 9.59 Å². The SMILES string of the molecule is Cc1[nH]c(=O)nc(-c2ccc(Cl)cc2Cl)c1C(=O)O. The Balaban J connectivity index is 2.81. The monoisotopic (exact) mass is 298 g/mol. The van der Waals surface area contributed by atoms with Crippen molar-refractivity contribution in [2.24, 2.45) is 0 Å². The molecule has 0 aliphatic heterocycles. The van der Waals surface area contributed by atoms with Crippen molar-refractivity contribution < 1.29 is 9.90 Å². The second kappa shape index (κ2) is 5.03. The summed E-state index contributed by atoms with van der Waals surface area (Å²) in [4.78, 5) is 28.7. The number of aromatic nitrogens is 2. The van der Waals surface area contributed by atoms with Crippen molar-refractivity contribution in [3.8, 4) is 11.3 Å². The molecule has 0 radical (unpaired) electrons. The van der Waals surface area contributed by atoms with E-state index in [9.17, 15) is 14.7 Å². The number of rotatable bonds is 2. The highest BCUT2D eigenvalue weighted by atomic mass is 35.5. The van der Waals surface area contributed by atoms with Gasteiger partial charge in [0.1, 0.15) is 5.56 Å². The summed E-state index contributed by atoms with van der Waals surface area (Å²) in [6, 6.07) is 4.53. The molecule has 0 saturated carbocycles. The molecular formula is C12H8Cl2N2O3. The fourth-order valence-corrected chi connectivity index (χ4v) is 2.22. The van der Waals surface area contributed by atoms with E-state index in [2.05, 4.69) is 9.97 Å². The lowest BCUT2D eigenvalue weighted by atomic mass is 10.0. The second-order valence-electron chi connectivity index (χ2n) is 3.82. The minimum Gasteiger partial charge on any atom is -0.478 e. The van der Waals surface area contributed by atoms with E-state index in [-0.39, 0.29) is 22.0 Å². The van der Waals surface area contributed by atoms with Gasteiger partial charge in [-0.05, 0) is 25.1 Å². The number of carboxylic acid groups (broad SMARTS) is 1. The number of aromatic carboxylic acids is 1. The number of hydrogen-bond donors (Lipinski definition) is 2. The number of hydrogen-bond acceptors (Lipinski definition) is 3. The molecule has 2 N–H and O–H groups in total. The van der Waals surface area contributed by atoms with Crippen LogP contribution in [0.4, 0.5) is 0 Å². The maximum Gasteiger partial charge on any atom is 0.345 e. The number of H-pyrrole nitrogens is 1. The lowest BCUT2D eigenvalue weighted by Crippen LogP contribution is -2.18. The lowest BCUT2D eigenvalue weighted by Gasteiger charge is -2.09. The Labute approximate surface area is 117 Å². The maximum atomic E-state index is 11.4. The van der Waals surface area contributed by atoms with E-state index in [0.717, 1.165) is 0 Å². The molecule has 2 rings (SSSR count). The maximum absolute atomic E-state index is 11.4. The quantitative estimate of drug-likeness (QED) is 0.893. The number of nitrogens with one attached hydrogen (secondary N) is 1. The van der Waals surface area contributed by atoms with Crippen LogP contribution in [-0.2, 0) is 0 Å². The van der Waals surface area contributed by atoms with Crippen molar-refractivity contribution in [1.29, 1.82) is 0 Å². The van der Waals surface area contributed by atoms with Crippen molar-refractivity contribution in [3.63, 3.8) is 0 Å². The van der Waals surface area contributed by atoms with Gasteiger partial charge in [-0.15, -0.1) is 0 Å². The highest BCUT2D eigenvalue weighted by Crippen LogP contribution is 2.31. The van der Waals surface area contributed by atoms with Gasteiger partial charge in [0.25, 0.3) is 0 Å². The van der Waals surface area contributed by atoms with Crippen LogP contribution in [0.2, 0.25) is 10.0 Å². The van der Waals surface area contributed by atoms with E-state index in [1.54, 1.807) is 6.07 Å². The summed E-state index contributed by atoms with van der Waals surface area (Å²) in [7, 11) is 0. The summed E-state index contributed by atoms with van der Waals surface area (Å²) in [6.45, 7) is 1.49. The first-order valence-electron chi connectivity index (χ1n) is 5.20. The molecule has 0 bridgehead atoms. The molecule has 0 aliphatic rings. The third-order valence-corrected chi connectivity index (χ3v) is 3.07. The molecule has 1 heterocycles. The third-order valence-electron chi connectivity index (χ3n) is 2.52. The van der Waals surface area contributed by atoms with Gasteiger partial charge >= 0.3 is 11.7 Å². The van der Waals surface area contributed by atoms with Crippen LogP contribution in [0.15, 0.2) is 23.0 Å². The zero-order valence-electron chi connectivity index (χ0n) is 9.70. The first kappa shape index (κ1) is 13.6. The Hall–Kier alpha value is -1.85. The van der Waals surface area contributed by atoms with Crippen LogP contribution in [0.1, 0.15) is 16.1 Å². The van der Waals surface area contributed by atoms with Crippen LogP contribution < -0.4 is 5.69 Å². The van der Waals surface area contributed by atoms with Crippen LogP contribution in [-0.4, -0.2) is 21.0 Å². The Morgan fingerprint density at radius 1 is 1.37 bits per heavy atom. The summed E-state index contributed by atoms with van der Waals surface area (Å²) in [5.74, 6) is -1.19. The molecule has 0 unspecified atom stereocenters. The fraction of sp³-hybridized carbons (Fsp3) is 0.0833. The van der Waals surface area contributed by atoms with Gasteiger partial charge in [-0.3, -0.25) is 0 Å². The summed E-state index contributed by atoms with van der Waals surface area (Å²) < 4.78 is 0. The molecule has 0 atom stereocenters. The Kier molecular flexibility index (Phi) is 3.59. The Bertz CT molecular complexity index is 725. The van der Waals surface area contributed by atoms with Crippen LogP contribution in [0.25, 0.3) is 11.3 Å². The van der Waals surface area contributed by atoms with Crippen molar-refractivity contribution in [3.05, 3.63) is 50.0 Å². The predicted octanol–water partition coefficient (Wildman–Crippen LogP) is 2.75. The molecule has 0 spiro atoms. The minimum atomic E-state index is -1.19. The van der Waals surface area contributed by atoms with Gasteiger partial charge in [0.05, 0.1) is 10.7 Å². The molecule has 7 heteroatoms. The third kappa shape index (κ3) is 2.62.